The van der Waals surface area contributed by atoms with Gasteiger partial charge >= 0.3 is 0 Å². The fraction of sp³-hybridized carbons (Fsp3) is 0.571. The van der Waals surface area contributed by atoms with Crippen molar-refractivity contribution in [3.8, 4) is 0 Å². The second kappa shape index (κ2) is 6.38. The maximum Gasteiger partial charge on any atom is 0.0551 e. The SMILES string of the molecule is CC1CCCC(CN)N1Cc1ccc(Br)c(Cl)c1. The van der Waals surface area contributed by atoms with Crippen molar-refractivity contribution in [1.82, 2.24) is 4.90 Å². The minimum absolute atomic E-state index is 0.510. The maximum atomic E-state index is 6.15. The Hall–Kier alpha value is -0.0900. The quantitative estimate of drug-likeness (QED) is 0.912. The maximum absolute atomic E-state index is 6.15. The Morgan fingerprint density at radius 2 is 2.22 bits per heavy atom. The molecule has 18 heavy (non-hydrogen) atoms. The van der Waals surface area contributed by atoms with Gasteiger partial charge in [0.15, 0.2) is 0 Å². The second-order valence-electron chi connectivity index (χ2n) is 5.09. The third-order valence-corrected chi connectivity index (χ3v) is 5.05. The zero-order valence-corrected chi connectivity index (χ0v) is 13.0. The molecule has 0 aliphatic carbocycles. The Bertz CT molecular complexity index is 411. The second-order valence-corrected chi connectivity index (χ2v) is 6.35. The number of hydrogen-bond acceptors (Lipinski definition) is 2. The van der Waals surface area contributed by atoms with Crippen LogP contribution in [0, 0.1) is 0 Å². The molecule has 1 aliphatic rings. The molecule has 1 aromatic carbocycles. The number of halogens is 2. The average Bonchev–Trinajstić information content (AvgIpc) is 2.36. The highest BCUT2D eigenvalue weighted by atomic mass is 79.9. The van der Waals surface area contributed by atoms with E-state index in [1.165, 1.54) is 24.8 Å². The van der Waals surface area contributed by atoms with Crippen LogP contribution in [0.15, 0.2) is 22.7 Å². The molecule has 0 bridgehead atoms. The number of piperidine rings is 1. The van der Waals surface area contributed by atoms with Crippen molar-refractivity contribution in [2.75, 3.05) is 6.54 Å². The van der Waals surface area contributed by atoms with Crippen LogP contribution in [0.5, 0.6) is 0 Å². The largest absolute Gasteiger partial charge is 0.329 e. The molecular weight excluding hydrogens is 312 g/mol. The van der Waals surface area contributed by atoms with Crippen LogP contribution >= 0.6 is 27.5 Å². The van der Waals surface area contributed by atoms with Gasteiger partial charge < -0.3 is 5.73 Å². The van der Waals surface area contributed by atoms with Gasteiger partial charge in [0, 0.05) is 29.6 Å². The molecule has 2 nitrogen and oxygen atoms in total. The predicted molar refractivity (Wildman–Crippen MR) is 80.9 cm³/mol. The molecule has 0 radical (unpaired) electrons. The van der Waals surface area contributed by atoms with Crippen molar-refractivity contribution >= 4 is 27.5 Å². The highest BCUT2D eigenvalue weighted by Gasteiger charge is 2.26. The zero-order valence-electron chi connectivity index (χ0n) is 10.7. The van der Waals surface area contributed by atoms with Crippen LogP contribution in [0.3, 0.4) is 0 Å². The van der Waals surface area contributed by atoms with E-state index in [4.69, 9.17) is 17.3 Å². The lowest BCUT2D eigenvalue weighted by atomic mass is 9.95. The Morgan fingerprint density at radius 3 is 2.89 bits per heavy atom. The van der Waals surface area contributed by atoms with Crippen LogP contribution in [0.25, 0.3) is 0 Å². The molecule has 100 valence electrons. The summed E-state index contributed by atoms with van der Waals surface area (Å²) in [7, 11) is 0. The van der Waals surface area contributed by atoms with Gasteiger partial charge in [0.05, 0.1) is 5.02 Å². The molecule has 1 saturated heterocycles. The smallest absolute Gasteiger partial charge is 0.0551 e. The van der Waals surface area contributed by atoms with Gasteiger partial charge in [0.25, 0.3) is 0 Å². The zero-order chi connectivity index (χ0) is 13.1. The molecular formula is C14H20BrClN2. The van der Waals surface area contributed by atoms with Crippen molar-refractivity contribution in [3.05, 3.63) is 33.3 Å². The molecule has 0 saturated carbocycles. The molecule has 1 aromatic rings. The molecule has 1 fully saturated rings. The lowest BCUT2D eigenvalue weighted by Gasteiger charge is -2.40. The van der Waals surface area contributed by atoms with Crippen LogP contribution in [-0.2, 0) is 6.54 Å². The van der Waals surface area contributed by atoms with Gasteiger partial charge in [-0.3, -0.25) is 4.90 Å². The van der Waals surface area contributed by atoms with E-state index in [9.17, 15) is 0 Å². The van der Waals surface area contributed by atoms with E-state index in [0.717, 1.165) is 22.6 Å². The summed E-state index contributed by atoms with van der Waals surface area (Å²) in [5.41, 5.74) is 7.15. The third-order valence-electron chi connectivity index (χ3n) is 3.82. The van der Waals surface area contributed by atoms with E-state index in [1.807, 2.05) is 12.1 Å². The van der Waals surface area contributed by atoms with Gasteiger partial charge in [0.2, 0.25) is 0 Å². The molecule has 1 aliphatic heterocycles. The summed E-state index contributed by atoms with van der Waals surface area (Å²) in [4.78, 5) is 2.52. The van der Waals surface area contributed by atoms with Crippen molar-refractivity contribution in [1.29, 1.82) is 0 Å². The van der Waals surface area contributed by atoms with Crippen LogP contribution in [0.1, 0.15) is 31.7 Å². The van der Waals surface area contributed by atoms with Crippen LogP contribution in [0.2, 0.25) is 5.02 Å². The lowest BCUT2D eigenvalue weighted by Crippen LogP contribution is -2.48. The van der Waals surface area contributed by atoms with E-state index in [2.05, 4.69) is 33.8 Å². The number of rotatable bonds is 3. The van der Waals surface area contributed by atoms with Crippen LogP contribution < -0.4 is 5.73 Å². The van der Waals surface area contributed by atoms with E-state index in [-0.39, 0.29) is 0 Å². The first-order chi connectivity index (χ1) is 8.61. The number of benzene rings is 1. The van der Waals surface area contributed by atoms with E-state index in [0.29, 0.717) is 12.1 Å². The lowest BCUT2D eigenvalue weighted by molar-refractivity contribution is 0.0892. The molecule has 1 heterocycles. The van der Waals surface area contributed by atoms with Crippen molar-refractivity contribution in [2.24, 2.45) is 5.73 Å². The Balaban J connectivity index is 2.12. The minimum Gasteiger partial charge on any atom is -0.329 e. The van der Waals surface area contributed by atoms with Crippen molar-refractivity contribution < 1.29 is 0 Å². The molecule has 2 rings (SSSR count). The Kier molecular flexibility index (Phi) is 5.07. The standard InChI is InChI=1S/C14H20BrClN2/c1-10-3-2-4-12(8-17)18(10)9-11-5-6-13(15)14(16)7-11/h5-7,10,12H,2-4,8-9,17H2,1H3. The van der Waals surface area contributed by atoms with E-state index in [1.54, 1.807) is 0 Å². The average molecular weight is 332 g/mol. The fourth-order valence-corrected chi connectivity index (χ4v) is 3.18. The number of nitrogens with two attached hydrogens (primary N) is 1. The van der Waals surface area contributed by atoms with Gasteiger partial charge in [0.1, 0.15) is 0 Å². The Morgan fingerprint density at radius 1 is 1.44 bits per heavy atom. The van der Waals surface area contributed by atoms with Crippen LogP contribution in [0.4, 0.5) is 0 Å². The minimum atomic E-state index is 0.510. The first kappa shape index (κ1) is 14.3. The summed E-state index contributed by atoms with van der Waals surface area (Å²) in [6, 6.07) is 7.31. The molecule has 2 N–H and O–H groups in total. The summed E-state index contributed by atoms with van der Waals surface area (Å²) in [6.45, 7) is 3.98. The Labute approximate surface area is 123 Å². The summed E-state index contributed by atoms with van der Waals surface area (Å²) in [5, 5.41) is 0.779. The summed E-state index contributed by atoms with van der Waals surface area (Å²) in [5.74, 6) is 0. The highest BCUT2D eigenvalue weighted by Crippen LogP contribution is 2.27. The first-order valence-corrected chi connectivity index (χ1v) is 7.68. The molecule has 2 atom stereocenters. The van der Waals surface area contributed by atoms with Crippen LogP contribution in [-0.4, -0.2) is 23.5 Å². The highest BCUT2D eigenvalue weighted by molar-refractivity contribution is 9.10. The van der Waals surface area contributed by atoms with Crippen molar-refractivity contribution in [3.63, 3.8) is 0 Å². The van der Waals surface area contributed by atoms with Crippen molar-refractivity contribution in [2.45, 2.75) is 44.8 Å². The van der Waals surface area contributed by atoms with Gasteiger partial charge in [-0.2, -0.15) is 0 Å². The van der Waals surface area contributed by atoms with Gasteiger partial charge in [-0.15, -0.1) is 0 Å². The number of likely N-dealkylation sites (tertiary alicyclic amines) is 1. The van der Waals surface area contributed by atoms with E-state index >= 15 is 0 Å². The molecule has 2 unspecified atom stereocenters. The fourth-order valence-electron chi connectivity index (χ4n) is 2.73. The predicted octanol–water partition coefficient (Wildman–Crippen LogP) is 3.80. The summed E-state index contributed by atoms with van der Waals surface area (Å²) >= 11 is 9.57. The third kappa shape index (κ3) is 3.27. The number of nitrogens with zero attached hydrogens (tertiary/aromatic N) is 1. The van der Waals surface area contributed by atoms with E-state index < -0.39 is 0 Å². The van der Waals surface area contributed by atoms with Gasteiger partial charge in [-0.1, -0.05) is 24.1 Å². The monoisotopic (exact) mass is 330 g/mol. The first-order valence-electron chi connectivity index (χ1n) is 6.51. The number of hydrogen-bond donors (Lipinski definition) is 1. The summed E-state index contributed by atoms with van der Waals surface area (Å²) < 4.78 is 0.954. The molecule has 0 aromatic heterocycles. The molecule has 4 heteroatoms. The van der Waals surface area contributed by atoms with Gasteiger partial charge in [-0.05, 0) is 53.4 Å². The molecule has 0 amide bonds. The molecule has 0 spiro atoms. The topological polar surface area (TPSA) is 29.3 Å². The summed E-state index contributed by atoms with van der Waals surface area (Å²) in [6.07, 6.45) is 3.77. The normalized spacial score (nSPS) is 25.3. The van der Waals surface area contributed by atoms with Gasteiger partial charge in [-0.25, -0.2) is 0 Å².